The number of thiophene rings is 1. The number of nitrogens with one attached hydrogen (secondary N) is 1. The topological polar surface area (TPSA) is 60.5 Å². The zero-order valence-corrected chi connectivity index (χ0v) is 17.0. The van der Waals surface area contributed by atoms with Crippen LogP contribution in [0, 0.1) is 6.92 Å². The zero-order valence-electron chi connectivity index (χ0n) is 15.4. The molecule has 0 saturated heterocycles. The van der Waals surface area contributed by atoms with Gasteiger partial charge < -0.3 is 9.47 Å². The first-order valence-corrected chi connectivity index (χ1v) is 10.3. The molecule has 0 fully saturated rings. The van der Waals surface area contributed by atoms with E-state index in [1.165, 1.54) is 22.7 Å². The van der Waals surface area contributed by atoms with Gasteiger partial charge in [-0.1, -0.05) is 23.5 Å². The molecule has 2 aromatic carbocycles. The van der Waals surface area contributed by atoms with E-state index in [1.54, 1.807) is 7.11 Å². The van der Waals surface area contributed by atoms with Crippen molar-refractivity contribution in [1.29, 1.82) is 0 Å². The van der Waals surface area contributed by atoms with Gasteiger partial charge in [-0.15, -0.1) is 11.3 Å². The van der Waals surface area contributed by atoms with Crippen molar-refractivity contribution >= 4 is 43.9 Å². The van der Waals surface area contributed by atoms with E-state index in [0.717, 1.165) is 32.8 Å². The standard InChI is InChI=1S/C21H18N2O3S2/c1-13-4-3-5-17-19(13)22-21(28-17)23-20(24)18-10-14(12-27-18)11-26-16-8-6-15(25-2)7-9-16/h3-10,12H,11H2,1-2H3,(H,22,23,24). The summed E-state index contributed by atoms with van der Waals surface area (Å²) >= 11 is 2.87. The third-order valence-corrected chi connectivity index (χ3v) is 6.10. The molecule has 0 spiro atoms. The lowest BCUT2D eigenvalue weighted by Crippen LogP contribution is -2.09. The number of rotatable bonds is 6. The van der Waals surface area contributed by atoms with E-state index in [2.05, 4.69) is 10.3 Å². The number of ether oxygens (including phenoxy) is 2. The first-order valence-electron chi connectivity index (χ1n) is 8.64. The number of aryl methyl sites for hydroxylation is 1. The van der Waals surface area contributed by atoms with Gasteiger partial charge in [0.15, 0.2) is 5.13 Å². The van der Waals surface area contributed by atoms with Gasteiger partial charge in [0, 0.05) is 5.56 Å². The van der Waals surface area contributed by atoms with Crippen molar-refractivity contribution in [2.45, 2.75) is 13.5 Å². The Balaban J connectivity index is 1.39. The Bertz CT molecular complexity index is 1120. The largest absolute Gasteiger partial charge is 0.497 e. The molecule has 0 atom stereocenters. The number of nitrogens with zero attached hydrogens (tertiary/aromatic N) is 1. The summed E-state index contributed by atoms with van der Waals surface area (Å²) in [5.74, 6) is 1.38. The molecule has 0 unspecified atom stereocenters. The van der Waals surface area contributed by atoms with Crippen LogP contribution in [0.2, 0.25) is 0 Å². The maximum atomic E-state index is 12.5. The van der Waals surface area contributed by atoms with Crippen molar-refractivity contribution in [2.75, 3.05) is 12.4 Å². The van der Waals surface area contributed by atoms with Gasteiger partial charge in [0.25, 0.3) is 5.91 Å². The molecular weight excluding hydrogens is 392 g/mol. The maximum absolute atomic E-state index is 12.5. The van der Waals surface area contributed by atoms with Gasteiger partial charge >= 0.3 is 0 Å². The van der Waals surface area contributed by atoms with Crippen LogP contribution in [0.3, 0.4) is 0 Å². The van der Waals surface area contributed by atoms with Gasteiger partial charge in [-0.3, -0.25) is 10.1 Å². The maximum Gasteiger partial charge on any atom is 0.267 e. The molecular formula is C21H18N2O3S2. The highest BCUT2D eigenvalue weighted by Gasteiger charge is 2.13. The molecule has 0 saturated carbocycles. The van der Waals surface area contributed by atoms with Gasteiger partial charge in [-0.25, -0.2) is 4.98 Å². The van der Waals surface area contributed by atoms with Gasteiger partial charge in [-0.05, 0) is 54.3 Å². The van der Waals surface area contributed by atoms with Crippen molar-refractivity contribution in [2.24, 2.45) is 0 Å². The van der Waals surface area contributed by atoms with Crippen LogP contribution >= 0.6 is 22.7 Å². The van der Waals surface area contributed by atoms with Crippen LogP contribution in [-0.4, -0.2) is 18.0 Å². The number of thiazole rings is 1. The summed E-state index contributed by atoms with van der Waals surface area (Å²) in [5, 5.41) is 5.44. The third kappa shape index (κ3) is 4.00. The summed E-state index contributed by atoms with van der Waals surface area (Å²) in [7, 11) is 1.63. The van der Waals surface area contributed by atoms with E-state index in [1.807, 2.05) is 60.8 Å². The number of aromatic nitrogens is 1. The van der Waals surface area contributed by atoms with Crippen molar-refractivity contribution in [3.05, 3.63) is 69.9 Å². The molecule has 1 N–H and O–H groups in total. The molecule has 1 amide bonds. The number of carbonyl (C=O) groups is 1. The second-order valence-electron chi connectivity index (χ2n) is 6.18. The van der Waals surface area contributed by atoms with Crippen LogP contribution in [0.15, 0.2) is 53.9 Å². The van der Waals surface area contributed by atoms with Crippen molar-refractivity contribution in [3.63, 3.8) is 0 Å². The number of carbonyl (C=O) groups excluding carboxylic acids is 1. The summed E-state index contributed by atoms with van der Waals surface area (Å²) in [6, 6.07) is 15.3. The molecule has 28 heavy (non-hydrogen) atoms. The Morgan fingerprint density at radius 1 is 1.14 bits per heavy atom. The summed E-state index contributed by atoms with van der Waals surface area (Å²) < 4.78 is 12.0. The molecule has 0 bridgehead atoms. The minimum Gasteiger partial charge on any atom is -0.497 e. The first-order chi connectivity index (χ1) is 13.6. The van der Waals surface area contributed by atoms with Crippen molar-refractivity contribution in [1.82, 2.24) is 4.98 Å². The molecule has 2 aromatic heterocycles. The second-order valence-corrected chi connectivity index (χ2v) is 8.12. The second kappa shape index (κ2) is 8.00. The highest BCUT2D eigenvalue weighted by molar-refractivity contribution is 7.22. The minimum absolute atomic E-state index is 0.155. The van der Waals surface area contributed by atoms with Crippen molar-refractivity contribution in [3.8, 4) is 11.5 Å². The van der Waals surface area contributed by atoms with E-state index in [-0.39, 0.29) is 5.91 Å². The lowest BCUT2D eigenvalue weighted by Gasteiger charge is -2.05. The summed E-state index contributed by atoms with van der Waals surface area (Å²) in [4.78, 5) is 17.7. The van der Waals surface area contributed by atoms with E-state index in [4.69, 9.17) is 9.47 Å². The Hall–Kier alpha value is -2.90. The number of amides is 1. The summed E-state index contributed by atoms with van der Waals surface area (Å²) in [6.07, 6.45) is 0. The molecule has 2 heterocycles. The van der Waals surface area contributed by atoms with E-state index < -0.39 is 0 Å². The van der Waals surface area contributed by atoms with E-state index in [0.29, 0.717) is 16.6 Å². The monoisotopic (exact) mass is 410 g/mol. The molecule has 0 aliphatic heterocycles. The quantitative estimate of drug-likeness (QED) is 0.456. The number of hydrogen-bond donors (Lipinski definition) is 1. The molecule has 0 aliphatic rings. The predicted octanol–water partition coefficient (Wildman–Crippen LogP) is 5.51. The van der Waals surface area contributed by atoms with Crippen molar-refractivity contribution < 1.29 is 14.3 Å². The Labute approximate surface area is 170 Å². The third-order valence-electron chi connectivity index (χ3n) is 4.18. The highest BCUT2D eigenvalue weighted by atomic mass is 32.1. The first kappa shape index (κ1) is 18.5. The molecule has 7 heteroatoms. The van der Waals surface area contributed by atoms with Gasteiger partial charge in [-0.2, -0.15) is 0 Å². The molecule has 0 radical (unpaired) electrons. The zero-order chi connectivity index (χ0) is 19.5. The van der Waals surface area contributed by atoms with Gasteiger partial charge in [0.05, 0.1) is 22.2 Å². The lowest BCUT2D eigenvalue weighted by atomic mass is 10.2. The average molecular weight is 411 g/mol. The number of anilines is 1. The van der Waals surface area contributed by atoms with Crippen LogP contribution in [0.5, 0.6) is 11.5 Å². The Morgan fingerprint density at radius 3 is 2.68 bits per heavy atom. The number of fused-ring (bicyclic) bond motifs is 1. The lowest BCUT2D eigenvalue weighted by molar-refractivity contribution is 0.103. The summed E-state index contributed by atoms with van der Waals surface area (Å²) in [5.41, 5.74) is 2.98. The fraction of sp³-hybridized carbons (Fsp3) is 0.143. The Kier molecular flexibility index (Phi) is 5.27. The van der Waals surface area contributed by atoms with Crippen LogP contribution in [-0.2, 0) is 6.61 Å². The van der Waals surface area contributed by atoms with Gasteiger partial charge in [0.1, 0.15) is 18.1 Å². The number of benzene rings is 2. The smallest absolute Gasteiger partial charge is 0.267 e. The Morgan fingerprint density at radius 2 is 1.93 bits per heavy atom. The molecule has 0 aliphatic carbocycles. The highest BCUT2D eigenvalue weighted by Crippen LogP contribution is 2.29. The van der Waals surface area contributed by atoms with Crippen LogP contribution < -0.4 is 14.8 Å². The fourth-order valence-corrected chi connectivity index (χ4v) is 4.44. The van der Waals surface area contributed by atoms with E-state index in [9.17, 15) is 4.79 Å². The van der Waals surface area contributed by atoms with E-state index >= 15 is 0 Å². The SMILES string of the molecule is COc1ccc(OCc2csc(C(=O)Nc3nc4c(C)cccc4s3)c2)cc1. The van der Waals surface area contributed by atoms with Crippen LogP contribution in [0.1, 0.15) is 20.8 Å². The molecule has 4 rings (SSSR count). The average Bonchev–Trinajstić information content (AvgIpc) is 3.34. The molecule has 5 nitrogen and oxygen atoms in total. The van der Waals surface area contributed by atoms with Crippen LogP contribution in [0.4, 0.5) is 5.13 Å². The van der Waals surface area contributed by atoms with Gasteiger partial charge in [0.2, 0.25) is 0 Å². The fourth-order valence-electron chi connectivity index (χ4n) is 2.71. The number of hydrogen-bond acceptors (Lipinski definition) is 6. The number of methoxy groups -OCH3 is 1. The normalized spacial score (nSPS) is 10.8. The minimum atomic E-state index is -0.155. The molecule has 4 aromatic rings. The summed E-state index contributed by atoms with van der Waals surface area (Å²) in [6.45, 7) is 2.42. The van der Waals surface area contributed by atoms with Crippen LogP contribution in [0.25, 0.3) is 10.2 Å². The molecule has 142 valence electrons. The predicted molar refractivity (Wildman–Crippen MR) is 114 cm³/mol. The number of para-hydroxylation sites is 1.